The molecule has 0 spiro atoms. The first-order valence-corrected chi connectivity index (χ1v) is 8.77. The second-order valence-corrected chi connectivity index (χ2v) is 6.80. The first-order chi connectivity index (χ1) is 11.7. The van der Waals surface area contributed by atoms with Crippen molar-refractivity contribution in [2.24, 2.45) is 4.99 Å². The van der Waals surface area contributed by atoms with Crippen molar-refractivity contribution < 1.29 is 9.47 Å². The maximum Gasteiger partial charge on any atom is 0.195 e. The van der Waals surface area contributed by atoms with Gasteiger partial charge in [0.05, 0.1) is 25.5 Å². The summed E-state index contributed by atoms with van der Waals surface area (Å²) in [4.78, 5) is 10.0. The van der Waals surface area contributed by atoms with Gasteiger partial charge in [-0.1, -0.05) is 0 Å². The molecule has 2 heterocycles. The normalized spacial score (nSPS) is 13.6. The van der Waals surface area contributed by atoms with Crippen molar-refractivity contribution in [1.29, 1.82) is 0 Å². The third-order valence-electron chi connectivity index (χ3n) is 3.71. The van der Waals surface area contributed by atoms with E-state index in [1.165, 1.54) is 4.88 Å². The van der Waals surface area contributed by atoms with Gasteiger partial charge in [0.15, 0.2) is 17.5 Å². The van der Waals surface area contributed by atoms with Crippen molar-refractivity contribution in [3.05, 3.63) is 33.8 Å². The highest BCUT2D eigenvalue weighted by Crippen LogP contribution is 2.32. The standard InChI is InChI=1S/C17H22N4O2S.HI/c1-11-12(2)24-16(20-11)10-19-17(18-3)21-13-5-6-14-15(9-13)23-8-4-7-22-14;/h5-6,9H,4,7-8,10H2,1-3H3,(H2,18,19,21);1H. The van der Waals surface area contributed by atoms with Gasteiger partial charge >= 0.3 is 0 Å². The summed E-state index contributed by atoms with van der Waals surface area (Å²) in [6.45, 7) is 6.12. The number of nitrogens with zero attached hydrogens (tertiary/aromatic N) is 2. The predicted octanol–water partition coefficient (Wildman–Crippen LogP) is 3.73. The summed E-state index contributed by atoms with van der Waals surface area (Å²) in [7, 11) is 1.75. The summed E-state index contributed by atoms with van der Waals surface area (Å²) < 4.78 is 11.4. The van der Waals surface area contributed by atoms with Gasteiger partial charge in [0.25, 0.3) is 0 Å². The Morgan fingerprint density at radius 1 is 1.24 bits per heavy atom. The van der Waals surface area contributed by atoms with Gasteiger partial charge in [-0.05, 0) is 26.0 Å². The van der Waals surface area contributed by atoms with Gasteiger partial charge in [0.2, 0.25) is 0 Å². The van der Waals surface area contributed by atoms with Gasteiger partial charge in [-0.15, -0.1) is 35.3 Å². The smallest absolute Gasteiger partial charge is 0.195 e. The maximum atomic E-state index is 5.72. The number of halogens is 1. The lowest BCUT2D eigenvalue weighted by atomic mass is 10.3. The van der Waals surface area contributed by atoms with E-state index in [2.05, 4.69) is 27.5 Å². The molecular weight excluding hydrogens is 451 g/mol. The molecule has 25 heavy (non-hydrogen) atoms. The molecule has 0 aliphatic carbocycles. The summed E-state index contributed by atoms with van der Waals surface area (Å²) in [6, 6.07) is 5.81. The van der Waals surface area contributed by atoms with Crippen LogP contribution in [-0.2, 0) is 6.54 Å². The van der Waals surface area contributed by atoms with Crippen molar-refractivity contribution in [3.8, 4) is 11.5 Å². The molecule has 0 saturated carbocycles. The topological polar surface area (TPSA) is 67.8 Å². The Morgan fingerprint density at radius 2 is 2.00 bits per heavy atom. The fourth-order valence-electron chi connectivity index (χ4n) is 2.33. The number of hydrogen-bond acceptors (Lipinski definition) is 5. The summed E-state index contributed by atoms with van der Waals surface area (Å²) in [5.74, 6) is 2.24. The SMILES string of the molecule is CN=C(NCc1nc(C)c(C)s1)Nc1ccc2c(c1)OCCCO2.I. The van der Waals surface area contributed by atoms with E-state index in [0.717, 1.165) is 34.3 Å². The van der Waals surface area contributed by atoms with Crippen LogP contribution in [0.15, 0.2) is 23.2 Å². The summed E-state index contributed by atoms with van der Waals surface area (Å²) >= 11 is 1.70. The van der Waals surface area contributed by atoms with Crippen LogP contribution in [0.1, 0.15) is 22.0 Å². The van der Waals surface area contributed by atoms with Gasteiger partial charge in [-0.2, -0.15) is 0 Å². The fourth-order valence-corrected chi connectivity index (χ4v) is 3.20. The Hall–Kier alpha value is -1.55. The summed E-state index contributed by atoms with van der Waals surface area (Å²) in [5, 5.41) is 7.60. The Bertz CT molecular complexity index is 729. The number of nitrogens with one attached hydrogen (secondary N) is 2. The second-order valence-electron chi connectivity index (χ2n) is 5.51. The minimum absolute atomic E-state index is 0. The lowest BCUT2D eigenvalue weighted by Gasteiger charge is -2.13. The van der Waals surface area contributed by atoms with E-state index in [1.807, 2.05) is 25.1 Å². The summed E-state index contributed by atoms with van der Waals surface area (Å²) in [6.07, 6.45) is 0.896. The van der Waals surface area contributed by atoms with Crippen molar-refractivity contribution in [2.75, 3.05) is 25.6 Å². The molecule has 8 heteroatoms. The number of hydrogen-bond donors (Lipinski definition) is 2. The minimum Gasteiger partial charge on any atom is -0.490 e. The van der Waals surface area contributed by atoms with Crippen molar-refractivity contribution in [2.45, 2.75) is 26.8 Å². The molecule has 1 aromatic heterocycles. The van der Waals surface area contributed by atoms with Crippen molar-refractivity contribution in [3.63, 3.8) is 0 Å². The van der Waals surface area contributed by atoms with Crippen LogP contribution < -0.4 is 20.1 Å². The number of aromatic nitrogens is 1. The third-order valence-corrected chi connectivity index (χ3v) is 4.79. The van der Waals surface area contributed by atoms with E-state index < -0.39 is 0 Å². The van der Waals surface area contributed by atoms with Crippen molar-refractivity contribution >= 4 is 47.0 Å². The molecule has 0 amide bonds. The molecule has 1 aliphatic rings. The van der Waals surface area contributed by atoms with Crippen LogP contribution in [0.5, 0.6) is 11.5 Å². The van der Waals surface area contributed by atoms with E-state index >= 15 is 0 Å². The first-order valence-electron chi connectivity index (χ1n) is 7.96. The van der Waals surface area contributed by atoms with Crippen LogP contribution in [-0.4, -0.2) is 31.2 Å². The zero-order valence-corrected chi connectivity index (χ0v) is 17.7. The van der Waals surface area contributed by atoms with Gasteiger partial charge in [-0.3, -0.25) is 4.99 Å². The largest absolute Gasteiger partial charge is 0.490 e. The highest BCUT2D eigenvalue weighted by Gasteiger charge is 2.11. The maximum absolute atomic E-state index is 5.72. The van der Waals surface area contributed by atoms with Gasteiger partial charge in [0.1, 0.15) is 5.01 Å². The monoisotopic (exact) mass is 474 g/mol. The van der Waals surface area contributed by atoms with Crippen LogP contribution in [0, 0.1) is 13.8 Å². The number of aryl methyl sites for hydroxylation is 2. The van der Waals surface area contributed by atoms with Crippen LogP contribution >= 0.6 is 35.3 Å². The molecule has 0 atom stereocenters. The number of rotatable bonds is 3. The van der Waals surface area contributed by atoms with E-state index in [1.54, 1.807) is 18.4 Å². The number of ether oxygens (including phenoxy) is 2. The third kappa shape index (κ3) is 5.21. The Labute approximate surface area is 169 Å². The van der Waals surface area contributed by atoms with Crippen molar-refractivity contribution in [1.82, 2.24) is 10.3 Å². The molecule has 3 rings (SSSR count). The molecule has 1 aliphatic heterocycles. The number of fused-ring (bicyclic) bond motifs is 1. The molecule has 0 unspecified atom stereocenters. The number of aliphatic imine (C=N–C) groups is 1. The fraction of sp³-hybridized carbons (Fsp3) is 0.412. The zero-order valence-electron chi connectivity index (χ0n) is 14.6. The lowest BCUT2D eigenvalue weighted by molar-refractivity contribution is 0.297. The minimum atomic E-state index is 0. The van der Waals surface area contributed by atoms with Crippen LogP contribution in [0.25, 0.3) is 0 Å². The Kier molecular flexibility index (Phi) is 7.30. The number of benzene rings is 1. The number of anilines is 1. The molecule has 136 valence electrons. The van der Waals surface area contributed by atoms with Gasteiger partial charge < -0.3 is 20.1 Å². The van der Waals surface area contributed by atoms with E-state index in [-0.39, 0.29) is 24.0 Å². The lowest BCUT2D eigenvalue weighted by Crippen LogP contribution is -2.30. The first kappa shape index (κ1) is 19.8. The molecule has 0 bridgehead atoms. The Balaban J connectivity index is 0.00000225. The molecule has 0 radical (unpaired) electrons. The summed E-state index contributed by atoms with van der Waals surface area (Å²) in [5.41, 5.74) is 1.99. The van der Waals surface area contributed by atoms with Crippen LogP contribution in [0.3, 0.4) is 0 Å². The average molecular weight is 474 g/mol. The van der Waals surface area contributed by atoms with E-state index in [4.69, 9.17) is 9.47 Å². The second kappa shape index (κ2) is 9.23. The van der Waals surface area contributed by atoms with Gasteiger partial charge in [0, 0.05) is 30.1 Å². The molecule has 6 nitrogen and oxygen atoms in total. The molecule has 0 fully saturated rings. The highest BCUT2D eigenvalue weighted by molar-refractivity contribution is 14.0. The average Bonchev–Trinajstić information content (AvgIpc) is 2.77. The van der Waals surface area contributed by atoms with Crippen LogP contribution in [0.4, 0.5) is 5.69 Å². The molecule has 0 saturated heterocycles. The zero-order chi connectivity index (χ0) is 16.9. The van der Waals surface area contributed by atoms with Gasteiger partial charge in [-0.25, -0.2) is 4.98 Å². The quantitative estimate of drug-likeness (QED) is 0.403. The molecule has 2 N–H and O–H groups in total. The number of thiazole rings is 1. The van der Waals surface area contributed by atoms with E-state index in [0.29, 0.717) is 25.7 Å². The predicted molar refractivity (Wildman–Crippen MR) is 113 cm³/mol. The highest BCUT2D eigenvalue weighted by atomic mass is 127. The molecule has 2 aromatic rings. The number of guanidine groups is 1. The van der Waals surface area contributed by atoms with Crippen LogP contribution in [0.2, 0.25) is 0 Å². The van der Waals surface area contributed by atoms with E-state index in [9.17, 15) is 0 Å². The molecular formula is C17H23IN4O2S. The Morgan fingerprint density at radius 3 is 2.68 bits per heavy atom. The molecule has 1 aromatic carbocycles.